The highest BCUT2D eigenvalue weighted by atomic mass is 15.1. The van der Waals surface area contributed by atoms with Gasteiger partial charge in [-0.3, -0.25) is 9.55 Å². The first-order chi connectivity index (χ1) is 11.4. The fraction of sp³-hybridized carbons (Fsp3) is 0.0556. The van der Waals surface area contributed by atoms with Gasteiger partial charge in [-0.25, -0.2) is 9.97 Å². The summed E-state index contributed by atoms with van der Waals surface area (Å²) in [5, 5.41) is 0. The van der Waals surface area contributed by atoms with Crippen LogP contribution in [0.5, 0.6) is 0 Å². The van der Waals surface area contributed by atoms with E-state index in [-0.39, 0.29) is 0 Å². The monoisotopic (exact) mass is 301 g/mol. The summed E-state index contributed by atoms with van der Waals surface area (Å²) in [6, 6.07) is 15.9. The molecule has 0 bridgehead atoms. The fourth-order valence-electron chi connectivity index (χ4n) is 2.63. The van der Waals surface area contributed by atoms with Crippen LogP contribution in [-0.2, 0) is 6.54 Å². The first kappa shape index (κ1) is 13.6. The number of aromatic nitrogens is 4. The minimum Gasteiger partial charge on any atom is -0.326 e. The molecule has 0 atom stereocenters. The zero-order valence-electron chi connectivity index (χ0n) is 12.4. The van der Waals surface area contributed by atoms with Crippen molar-refractivity contribution in [3.05, 3.63) is 72.7 Å². The van der Waals surface area contributed by atoms with Gasteiger partial charge in [0, 0.05) is 36.4 Å². The van der Waals surface area contributed by atoms with Gasteiger partial charge in [-0.05, 0) is 42.0 Å². The van der Waals surface area contributed by atoms with Crippen molar-refractivity contribution >= 4 is 11.2 Å². The lowest BCUT2D eigenvalue weighted by Gasteiger charge is -2.09. The lowest BCUT2D eigenvalue weighted by Crippen LogP contribution is -2.00. The van der Waals surface area contributed by atoms with Crippen LogP contribution < -0.4 is 5.73 Å². The van der Waals surface area contributed by atoms with Crippen molar-refractivity contribution in [2.75, 3.05) is 0 Å². The van der Waals surface area contributed by atoms with Gasteiger partial charge >= 0.3 is 0 Å². The predicted octanol–water partition coefficient (Wildman–Crippen LogP) is 2.94. The maximum absolute atomic E-state index is 5.69. The van der Waals surface area contributed by atoms with E-state index < -0.39 is 0 Å². The highest BCUT2D eigenvalue weighted by Crippen LogP contribution is 2.27. The van der Waals surface area contributed by atoms with Gasteiger partial charge in [0.15, 0.2) is 5.65 Å². The van der Waals surface area contributed by atoms with Crippen LogP contribution >= 0.6 is 0 Å². The van der Waals surface area contributed by atoms with Crippen LogP contribution in [-0.4, -0.2) is 19.5 Å². The molecule has 0 amide bonds. The van der Waals surface area contributed by atoms with Crippen LogP contribution in [0.15, 0.2) is 67.1 Å². The summed E-state index contributed by atoms with van der Waals surface area (Å²) in [5.74, 6) is 0.826. The maximum Gasteiger partial charge on any atom is 0.164 e. The molecule has 0 saturated heterocycles. The molecule has 2 N–H and O–H groups in total. The Morgan fingerprint density at radius 1 is 0.957 bits per heavy atom. The molecule has 4 rings (SSSR count). The Balaban J connectivity index is 1.99. The summed E-state index contributed by atoms with van der Waals surface area (Å²) in [5.41, 5.74) is 10.4. The van der Waals surface area contributed by atoms with E-state index in [0.29, 0.717) is 6.54 Å². The molecule has 0 aliphatic carbocycles. The van der Waals surface area contributed by atoms with Crippen molar-refractivity contribution in [2.24, 2.45) is 5.73 Å². The molecule has 3 heterocycles. The SMILES string of the molecule is NCc1ccc(-n2c(-c3cccnc3)nc3cccnc32)cc1. The topological polar surface area (TPSA) is 69.6 Å². The lowest BCUT2D eigenvalue weighted by atomic mass is 10.2. The summed E-state index contributed by atoms with van der Waals surface area (Å²) in [6.45, 7) is 0.526. The third-order valence-corrected chi connectivity index (χ3v) is 3.77. The van der Waals surface area contributed by atoms with Gasteiger partial charge in [0.25, 0.3) is 0 Å². The van der Waals surface area contributed by atoms with Crippen LogP contribution in [0.3, 0.4) is 0 Å². The standard InChI is InChI=1S/C18H15N5/c19-11-13-5-7-15(8-6-13)23-17(14-3-1-9-20-12-14)22-16-4-2-10-21-18(16)23/h1-10,12H,11,19H2. The van der Waals surface area contributed by atoms with Gasteiger partial charge in [0.2, 0.25) is 0 Å². The molecule has 0 radical (unpaired) electrons. The third-order valence-electron chi connectivity index (χ3n) is 3.77. The van der Waals surface area contributed by atoms with Crippen LogP contribution in [0, 0.1) is 0 Å². The molecule has 0 saturated carbocycles. The average Bonchev–Trinajstić information content (AvgIpc) is 3.02. The van der Waals surface area contributed by atoms with Gasteiger partial charge in [-0.15, -0.1) is 0 Å². The first-order valence-electron chi connectivity index (χ1n) is 7.40. The summed E-state index contributed by atoms with van der Waals surface area (Å²) < 4.78 is 2.05. The van der Waals surface area contributed by atoms with E-state index in [9.17, 15) is 0 Å². The molecule has 5 nitrogen and oxygen atoms in total. The van der Waals surface area contributed by atoms with Gasteiger partial charge in [0.1, 0.15) is 11.3 Å². The Morgan fingerprint density at radius 2 is 1.78 bits per heavy atom. The number of hydrogen-bond acceptors (Lipinski definition) is 4. The first-order valence-corrected chi connectivity index (χ1v) is 7.40. The quantitative estimate of drug-likeness (QED) is 0.631. The Morgan fingerprint density at radius 3 is 2.52 bits per heavy atom. The molecule has 0 unspecified atom stereocenters. The number of fused-ring (bicyclic) bond motifs is 1. The summed E-state index contributed by atoms with van der Waals surface area (Å²) in [4.78, 5) is 13.4. The second-order valence-corrected chi connectivity index (χ2v) is 5.23. The van der Waals surface area contributed by atoms with Crippen LogP contribution in [0.1, 0.15) is 5.56 Å². The molecule has 112 valence electrons. The zero-order valence-corrected chi connectivity index (χ0v) is 12.4. The zero-order chi connectivity index (χ0) is 15.6. The highest BCUT2D eigenvalue weighted by Gasteiger charge is 2.14. The number of rotatable bonds is 3. The third kappa shape index (κ3) is 2.37. The number of nitrogens with zero attached hydrogens (tertiary/aromatic N) is 4. The molecule has 3 aromatic heterocycles. The number of imidazole rings is 1. The molecular weight excluding hydrogens is 286 g/mol. The Bertz CT molecular complexity index is 942. The van der Waals surface area contributed by atoms with Crippen LogP contribution in [0.4, 0.5) is 0 Å². The van der Waals surface area contributed by atoms with Crippen molar-refractivity contribution in [2.45, 2.75) is 6.54 Å². The molecular formula is C18H15N5. The Labute approximate surface area is 133 Å². The van der Waals surface area contributed by atoms with Crippen molar-refractivity contribution in [1.82, 2.24) is 19.5 Å². The van der Waals surface area contributed by atoms with Crippen molar-refractivity contribution in [3.8, 4) is 17.1 Å². The molecule has 0 aliphatic heterocycles. The van der Waals surface area contributed by atoms with Gasteiger partial charge in [0.05, 0.1) is 0 Å². The normalized spacial score (nSPS) is 11.0. The molecule has 4 aromatic rings. The van der Waals surface area contributed by atoms with Crippen molar-refractivity contribution < 1.29 is 0 Å². The number of pyridine rings is 2. The second kappa shape index (κ2) is 5.62. The maximum atomic E-state index is 5.69. The van der Waals surface area contributed by atoms with E-state index in [4.69, 9.17) is 10.7 Å². The number of hydrogen-bond donors (Lipinski definition) is 1. The van der Waals surface area contributed by atoms with E-state index in [0.717, 1.165) is 33.8 Å². The minimum atomic E-state index is 0.526. The molecule has 5 heteroatoms. The van der Waals surface area contributed by atoms with E-state index >= 15 is 0 Å². The van der Waals surface area contributed by atoms with E-state index in [2.05, 4.69) is 9.97 Å². The molecule has 23 heavy (non-hydrogen) atoms. The van der Waals surface area contributed by atoms with Crippen LogP contribution in [0.2, 0.25) is 0 Å². The number of benzene rings is 1. The van der Waals surface area contributed by atoms with Gasteiger partial charge < -0.3 is 5.73 Å². The van der Waals surface area contributed by atoms with Crippen molar-refractivity contribution in [3.63, 3.8) is 0 Å². The fourth-order valence-corrected chi connectivity index (χ4v) is 2.63. The molecule has 0 aliphatic rings. The van der Waals surface area contributed by atoms with Gasteiger partial charge in [-0.1, -0.05) is 12.1 Å². The Kier molecular flexibility index (Phi) is 3.33. The van der Waals surface area contributed by atoms with Crippen molar-refractivity contribution in [1.29, 1.82) is 0 Å². The highest BCUT2D eigenvalue weighted by molar-refractivity contribution is 5.79. The average molecular weight is 301 g/mol. The summed E-state index contributed by atoms with van der Waals surface area (Å²) in [7, 11) is 0. The summed E-state index contributed by atoms with van der Waals surface area (Å²) in [6.07, 6.45) is 5.35. The minimum absolute atomic E-state index is 0.526. The smallest absolute Gasteiger partial charge is 0.164 e. The largest absolute Gasteiger partial charge is 0.326 e. The second-order valence-electron chi connectivity index (χ2n) is 5.23. The molecule has 0 spiro atoms. The van der Waals surface area contributed by atoms with E-state index in [1.807, 2.05) is 59.3 Å². The number of nitrogens with two attached hydrogens (primary N) is 1. The van der Waals surface area contributed by atoms with Gasteiger partial charge in [-0.2, -0.15) is 0 Å². The van der Waals surface area contributed by atoms with Crippen LogP contribution in [0.25, 0.3) is 28.2 Å². The predicted molar refractivity (Wildman–Crippen MR) is 90.0 cm³/mol. The van der Waals surface area contributed by atoms with E-state index in [1.165, 1.54) is 0 Å². The molecule has 1 aromatic carbocycles. The lowest BCUT2D eigenvalue weighted by molar-refractivity contribution is 1.04. The Hall–Kier alpha value is -3.05. The molecule has 0 fully saturated rings. The van der Waals surface area contributed by atoms with E-state index in [1.54, 1.807) is 12.4 Å². The summed E-state index contributed by atoms with van der Waals surface area (Å²) >= 11 is 0.